The molecule has 3 rings (SSSR count). The van der Waals surface area contributed by atoms with Crippen molar-refractivity contribution in [2.75, 3.05) is 11.1 Å². The van der Waals surface area contributed by atoms with E-state index in [2.05, 4.69) is 20.4 Å². The molecule has 0 atom stereocenters. The number of aromatic nitrogens is 4. The second kappa shape index (κ2) is 4.56. The Morgan fingerprint density at radius 1 is 1.16 bits per heavy atom. The monoisotopic (exact) mass is 254 g/mol. The predicted octanol–water partition coefficient (Wildman–Crippen LogP) is 1.56. The molecule has 0 bridgehead atoms. The first-order valence-electron chi connectivity index (χ1n) is 5.97. The van der Waals surface area contributed by atoms with Crippen molar-refractivity contribution in [3.63, 3.8) is 0 Å². The van der Waals surface area contributed by atoms with E-state index in [-0.39, 0.29) is 0 Å². The number of benzene rings is 1. The minimum atomic E-state index is 0.404. The van der Waals surface area contributed by atoms with Crippen LogP contribution in [0, 0.1) is 0 Å². The fourth-order valence-corrected chi connectivity index (χ4v) is 1.89. The SMILES string of the molecule is Cn1nccc1CNc1nc2ccccc2nc1N. The molecule has 0 unspecified atom stereocenters. The van der Waals surface area contributed by atoms with Crippen molar-refractivity contribution in [1.82, 2.24) is 19.7 Å². The van der Waals surface area contributed by atoms with Crippen LogP contribution in [0.25, 0.3) is 11.0 Å². The van der Waals surface area contributed by atoms with E-state index in [0.717, 1.165) is 16.7 Å². The molecule has 0 fully saturated rings. The molecule has 3 aromatic rings. The van der Waals surface area contributed by atoms with Crippen molar-refractivity contribution in [3.05, 3.63) is 42.2 Å². The molecule has 19 heavy (non-hydrogen) atoms. The molecule has 0 aliphatic carbocycles. The molecule has 0 amide bonds. The number of anilines is 2. The first-order valence-corrected chi connectivity index (χ1v) is 5.97. The van der Waals surface area contributed by atoms with Crippen molar-refractivity contribution < 1.29 is 0 Å². The van der Waals surface area contributed by atoms with Crippen LogP contribution in [-0.4, -0.2) is 19.7 Å². The van der Waals surface area contributed by atoms with Gasteiger partial charge in [0.05, 0.1) is 23.3 Å². The Morgan fingerprint density at radius 3 is 2.58 bits per heavy atom. The summed E-state index contributed by atoms with van der Waals surface area (Å²) in [6.07, 6.45) is 1.76. The number of nitrogens with one attached hydrogen (secondary N) is 1. The molecular formula is C13H14N6. The average molecular weight is 254 g/mol. The van der Waals surface area contributed by atoms with Gasteiger partial charge in [0.25, 0.3) is 0 Å². The molecule has 1 aromatic carbocycles. The molecule has 2 aromatic heterocycles. The second-order valence-corrected chi connectivity index (χ2v) is 4.25. The molecule has 6 nitrogen and oxygen atoms in total. The molecular weight excluding hydrogens is 240 g/mol. The zero-order valence-electron chi connectivity index (χ0n) is 10.5. The summed E-state index contributed by atoms with van der Waals surface area (Å²) in [5.74, 6) is 1.00. The number of aryl methyl sites for hydroxylation is 1. The van der Waals surface area contributed by atoms with Crippen LogP contribution in [0.15, 0.2) is 36.5 Å². The van der Waals surface area contributed by atoms with Crippen LogP contribution < -0.4 is 11.1 Å². The van der Waals surface area contributed by atoms with Crippen LogP contribution in [0.4, 0.5) is 11.6 Å². The Hall–Kier alpha value is -2.63. The lowest BCUT2D eigenvalue weighted by atomic mass is 10.3. The highest BCUT2D eigenvalue weighted by Crippen LogP contribution is 2.18. The first-order chi connectivity index (χ1) is 9.24. The van der Waals surface area contributed by atoms with Crippen LogP contribution in [0.2, 0.25) is 0 Å². The smallest absolute Gasteiger partial charge is 0.169 e. The van der Waals surface area contributed by atoms with Gasteiger partial charge in [0, 0.05) is 13.2 Å². The quantitative estimate of drug-likeness (QED) is 0.741. The Balaban J connectivity index is 1.88. The molecule has 2 heterocycles. The van der Waals surface area contributed by atoms with Gasteiger partial charge in [0.15, 0.2) is 11.6 Å². The fourth-order valence-electron chi connectivity index (χ4n) is 1.89. The fraction of sp³-hybridized carbons (Fsp3) is 0.154. The van der Waals surface area contributed by atoms with E-state index in [1.165, 1.54) is 0 Å². The van der Waals surface area contributed by atoms with Gasteiger partial charge in [-0.2, -0.15) is 5.10 Å². The number of nitrogens with two attached hydrogens (primary N) is 1. The van der Waals surface area contributed by atoms with Crippen molar-refractivity contribution in [1.29, 1.82) is 0 Å². The van der Waals surface area contributed by atoms with E-state index in [9.17, 15) is 0 Å². The molecule has 6 heteroatoms. The van der Waals surface area contributed by atoms with Gasteiger partial charge < -0.3 is 11.1 Å². The van der Waals surface area contributed by atoms with Crippen molar-refractivity contribution in [3.8, 4) is 0 Å². The van der Waals surface area contributed by atoms with E-state index >= 15 is 0 Å². The summed E-state index contributed by atoms with van der Waals surface area (Å²) in [6.45, 7) is 0.605. The van der Waals surface area contributed by atoms with Gasteiger partial charge in [-0.1, -0.05) is 12.1 Å². The highest BCUT2D eigenvalue weighted by molar-refractivity contribution is 5.79. The maximum atomic E-state index is 5.91. The summed E-state index contributed by atoms with van der Waals surface area (Å²) in [6, 6.07) is 9.59. The van der Waals surface area contributed by atoms with Gasteiger partial charge in [0.2, 0.25) is 0 Å². The van der Waals surface area contributed by atoms with E-state index in [1.807, 2.05) is 37.4 Å². The maximum Gasteiger partial charge on any atom is 0.169 e. The second-order valence-electron chi connectivity index (χ2n) is 4.25. The summed E-state index contributed by atoms with van der Waals surface area (Å²) in [5.41, 5.74) is 8.58. The third-order valence-electron chi connectivity index (χ3n) is 2.96. The Bertz CT molecular complexity index is 718. The maximum absolute atomic E-state index is 5.91. The summed E-state index contributed by atoms with van der Waals surface area (Å²) in [5, 5.41) is 7.30. The summed E-state index contributed by atoms with van der Waals surface area (Å²) < 4.78 is 1.80. The van der Waals surface area contributed by atoms with Gasteiger partial charge in [0.1, 0.15) is 0 Å². The third-order valence-corrected chi connectivity index (χ3v) is 2.96. The number of hydrogen-bond acceptors (Lipinski definition) is 5. The lowest BCUT2D eigenvalue weighted by Crippen LogP contribution is -2.09. The number of para-hydroxylation sites is 2. The lowest BCUT2D eigenvalue weighted by molar-refractivity contribution is 0.720. The number of hydrogen-bond donors (Lipinski definition) is 2. The lowest BCUT2D eigenvalue weighted by Gasteiger charge is -2.09. The number of fused-ring (bicyclic) bond motifs is 1. The van der Waals surface area contributed by atoms with Crippen molar-refractivity contribution >= 4 is 22.7 Å². The molecule has 96 valence electrons. The largest absolute Gasteiger partial charge is 0.381 e. The standard InChI is InChI=1S/C13H14N6/c1-19-9(6-7-16-19)8-15-13-12(14)17-10-4-2-3-5-11(10)18-13/h2-7H,8H2,1H3,(H2,14,17)(H,15,18). The molecule has 0 saturated carbocycles. The van der Waals surface area contributed by atoms with E-state index in [0.29, 0.717) is 18.2 Å². The summed E-state index contributed by atoms with van der Waals surface area (Å²) >= 11 is 0. The highest BCUT2D eigenvalue weighted by atomic mass is 15.3. The van der Waals surface area contributed by atoms with Gasteiger partial charge in [-0.15, -0.1) is 0 Å². The van der Waals surface area contributed by atoms with Gasteiger partial charge in [-0.25, -0.2) is 9.97 Å². The van der Waals surface area contributed by atoms with Crippen LogP contribution >= 0.6 is 0 Å². The molecule has 0 aliphatic heterocycles. The van der Waals surface area contributed by atoms with Gasteiger partial charge in [-0.3, -0.25) is 4.68 Å². The Labute approximate surface area is 110 Å². The molecule has 0 aliphatic rings. The van der Waals surface area contributed by atoms with Gasteiger partial charge >= 0.3 is 0 Å². The van der Waals surface area contributed by atoms with Crippen LogP contribution in [0.1, 0.15) is 5.69 Å². The van der Waals surface area contributed by atoms with Crippen LogP contribution in [0.3, 0.4) is 0 Å². The van der Waals surface area contributed by atoms with Gasteiger partial charge in [-0.05, 0) is 18.2 Å². The molecule has 0 radical (unpaired) electrons. The zero-order chi connectivity index (χ0) is 13.2. The highest BCUT2D eigenvalue weighted by Gasteiger charge is 2.06. The van der Waals surface area contributed by atoms with Crippen molar-refractivity contribution in [2.24, 2.45) is 7.05 Å². The molecule has 0 saturated heterocycles. The third kappa shape index (κ3) is 2.20. The van der Waals surface area contributed by atoms with Crippen LogP contribution in [0.5, 0.6) is 0 Å². The number of rotatable bonds is 3. The average Bonchev–Trinajstić information content (AvgIpc) is 2.82. The van der Waals surface area contributed by atoms with E-state index in [1.54, 1.807) is 10.9 Å². The topological polar surface area (TPSA) is 81.7 Å². The zero-order valence-corrected chi connectivity index (χ0v) is 10.5. The minimum Gasteiger partial charge on any atom is -0.381 e. The minimum absolute atomic E-state index is 0.404. The predicted molar refractivity (Wildman–Crippen MR) is 74.5 cm³/mol. The van der Waals surface area contributed by atoms with Crippen LogP contribution in [-0.2, 0) is 13.6 Å². The number of nitrogens with zero attached hydrogens (tertiary/aromatic N) is 4. The summed E-state index contributed by atoms with van der Waals surface area (Å²) in [4.78, 5) is 8.80. The Kier molecular flexibility index (Phi) is 2.75. The van der Waals surface area contributed by atoms with E-state index in [4.69, 9.17) is 5.73 Å². The normalized spacial score (nSPS) is 10.8. The van der Waals surface area contributed by atoms with E-state index < -0.39 is 0 Å². The molecule has 0 spiro atoms. The number of nitrogen functional groups attached to an aromatic ring is 1. The summed E-state index contributed by atoms with van der Waals surface area (Å²) in [7, 11) is 1.90. The molecule has 3 N–H and O–H groups in total. The van der Waals surface area contributed by atoms with Crippen molar-refractivity contribution in [2.45, 2.75) is 6.54 Å². The first kappa shape index (κ1) is 11.5. The Morgan fingerprint density at radius 2 is 1.89 bits per heavy atom.